The summed E-state index contributed by atoms with van der Waals surface area (Å²) in [5.74, 6) is -1.81. The number of ketones is 2. The first-order valence-electron chi connectivity index (χ1n) is 15.1. The van der Waals surface area contributed by atoms with Crippen molar-refractivity contribution in [3.63, 3.8) is 0 Å². The first kappa shape index (κ1) is 40.4. The van der Waals surface area contributed by atoms with Crippen LogP contribution in [0, 0.1) is 13.8 Å². The third-order valence-corrected chi connectivity index (χ3v) is 11.0. The minimum absolute atomic E-state index is 0. The zero-order valence-electron chi connectivity index (χ0n) is 28.4. The molecule has 20 heteroatoms. The number of aryl methyl sites for hydroxylation is 2. The first-order valence-corrected chi connectivity index (χ1v) is 19.4. The Balaban J connectivity index is 0.00000561. The Bertz CT molecular complexity index is 2780. The fourth-order valence-electron chi connectivity index (χ4n) is 5.76. The average Bonchev–Trinajstić information content (AvgIpc) is 3.06. The van der Waals surface area contributed by atoms with E-state index in [9.17, 15) is 48.5 Å². The van der Waals surface area contributed by atoms with Gasteiger partial charge in [0.1, 0.15) is 20.4 Å². The number of nitrogens with one attached hydrogen (secondary N) is 2. The quantitative estimate of drug-likeness (QED) is 0.0640. The van der Waals surface area contributed by atoms with Gasteiger partial charge in [0.15, 0.2) is 5.71 Å². The smallest absolute Gasteiger partial charge is 0.398 e. The summed E-state index contributed by atoms with van der Waals surface area (Å²) in [5, 5.41) is 8.12. The van der Waals surface area contributed by atoms with Crippen molar-refractivity contribution in [1.29, 1.82) is 0 Å². The van der Waals surface area contributed by atoms with Gasteiger partial charge in [-0.1, -0.05) is 30.3 Å². The maximum Gasteiger partial charge on any atom is 1.00 e. The van der Waals surface area contributed by atoms with E-state index in [4.69, 9.17) is 5.73 Å². The number of carbonyl (C=O) groups excluding carboxylic acids is 2. The minimum atomic E-state index is -5.01. The maximum absolute atomic E-state index is 13.4. The molecule has 54 heavy (non-hydrogen) atoms. The molecular weight excluding hydrogens is 774 g/mol. The summed E-state index contributed by atoms with van der Waals surface area (Å²) in [5.41, 5.74) is 13.4. The largest absolute Gasteiger partial charge is 1.00 e. The molecule has 272 valence electrons. The molecule has 2 aliphatic carbocycles. The summed E-state index contributed by atoms with van der Waals surface area (Å²) in [6.07, 6.45) is 3.51. The van der Waals surface area contributed by atoms with Crippen LogP contribution in [-0.2, 0) is 30.4 Å². The summed E-state index contributed by atoms with van der Waals surface area (Å²) in [6.45, 7) is 3.50. The van der Waals surface area contributed by atoms with Crippen LogP contribution in [-0.4, -0.2) is 61.9 Å². The second kappa shape index (κ2) is 14.8. The Morgan fingerprint density at radius 1 is 0.648 bits per heavy atom. The number of hydrazone groups is 2. The van der Waals surface area contributed by atoms with Crippen molar-refractivity contribution in [3.8, 4) is 11.1 Å². The van der Waals surface area contributed by atoms with Crippen LogP contribution in [0.1, 0.15) is 43.0 Å². The molecule has 16 nitrogen and oxygen atoms in total. The number of nitrogen functional groups attached to an aromatic ring is 1. The number of allylic oxidation sites excluding steroid dienone is 2. The Kier molecular flexibility index (Phi) is 11.0. The van der Waals surface area contributed by atoms with Gasteiger partial charge in [-0.2, -0.15) is 35.5 Å². The van der Waals surface area contributed by atoms with E-state index in [-0.39, 0.29) is 57.6 Å². The van der Waals surface area contributed by atoms with Crippen molar-refractivity contribution in [2.75, 3.05) is 16.6 Å². The van der Waals surface area contributed by atoms with Gasteiger partial charge >= 0.3 is 29.6 Å². The molecule has 2 aliphatic rings. The van der Waals surface area contributed by atoms with Crippen LogP contribution >= 0.6 is 0 Å². The van der Waals surface area contributed by atoms with Crippen LogP contribution in [0.5, 0.6) is 0 Å². The summed E-state index contributed by atoms with van der Waals surface area (Å²) >= 11 is 0. The molecule has 0 aromatic heterocycles. The van der Waals surface area contributed by atoms with Gasteiger partial charge in [0.2, 0.25) is 11.6 Å². The summed E-state index contributed by atoms with van der Waals surface area (Å²) in [6, 6.07) is 16.1. The number of nitrogens with zero attached hydrogens (tertiary/aromatic N) is 2. The number of nitrogens with two attached hydrogens (primary N) is 1. The topological polar surface area (TPSA) is 272 Å². The van der Waals surface area contributed by atoms with Crippen molar-refractivity contribution < 1.29 is 78.1 Å². The van der Waals surface area contributed by atoms with Gasteiger partial charge in [-0.15, -0.1) is 0 Å². The van der Waals surface area contributed by atoms with Gasteiger partial charge in [0, 0.05) is 11.3 Å². The van der Waals surface area contributed by atoms with Crippen LogP contribution in [0.2, 0.25) is 0 Å². The zero-order chi connectivity index (χ0) is 38.6. The molecule has 0 spiro atoms. The SMILES string of the molecule is Cc1cc(-c2ccc(N/N=C3\C=Cc4c(S(=O)(=O)O)ccc(N)c4C3=O)c(C)c2)ccc1N/N=C1/C(=O)c2c(cccc2S(=O)(=O)O)C=C1S(=O)(=O)O.[Na+]. The Labute approximate surface area is 331 Å². The van der Waals surface area contributed by atoms with Crippen LogP contribution in [0.15, 0.2) is 97.7 Å². The van der Waals surface area contributed by atoms with Gasteiger partial charge in [-0.3, -0.25) is 34.1 Å². The number of rotatable bonds is 8. The van der Waals surface area contributed by atoms with Crippen LogP contribution < -0.4 is 46.1 Å². The standard InChI is InChI=1S/C34H27N5O11S3.Na/c1-17-14-19(6-10-24(17)36-38-26-12-8-22-27(51(42,43)44)13-9-23(35)31(22)33(26)40)20-7-11-25(18(2)15-20)37-39-32-29(53(48,49)50)16-21-4-3-5-28(52(45,46)47)30(21)34(32)41;/h3-16,36-37H,35H2,1-2H3,(H,42,43,44)(H,45,46,47)(H,48,49,50);/q;+1/b38-26+,39-32+;. The van der Waals surface area contributed by atoms with Crippen molar-refractivity contribution in [2.24, 2.45) is 10.2 Å². The Morgan fingerprint density at radius 3 is 1.76 bits per heavy atom. The molecule has 0 heterocycles. The van der Waals surface area contributed by atoms with Crippen LogP contribution in [0.4, 0.5) is 17.1 Å². The van der Waals surface area contributed by atoms with Crippen molar-refractivity contribution in [1.82, 2.24) is 0 Å². The van der Waals surface area contributed by atoms with Gasteiger partial charge in [0.05, 0.1) is 22.5 Å². The number of hydrogen-bond donors (Lipinski definition) is 6. The maximum atomic E-state index is 13.4. The number of anilines is 3. The van der Waals surface area contributed by atoms with E-state index in [1.54, 1.807) is 44.2 Å². The van der Waals surface area contributed by atoms with Gasteiger partial charge < -0.3 is 5.73 Å². The number of hydrogen-bond acceptors (Lipinski definition) is 13. The summed E-state index contributed by atoms with van der Waals surface area (Å²) < 4.78 is 101. The molecule has 4 aromatic carbocycles. The molecule has 0 amide bonds. The third kappa shape index (κ3) is 7.85. The van der Waals surface area contributed by atoms with Crippen molar-refractivity contribution in [2.45, 2.75) is 23.6 Å². The molecule has 0 radical (unpaired) electrons. The monoisotopic (exact) mass is 800 g/mol. The normalized spacial score (nSPS) is 15.7. The number of carbonyl (C=O) groups is 2. The fourth-order valence-corrected chi connectivity index (χ4v) is 7.82. The fraction of sp³-hybridized carbons (Fsp3) is 0.0588. The molecular formula is C34H27N5NaO11S3+. The molecule has 0 atom stereocenters. The van der Waals surface area contributed by atoms with Gasteiger partial charge in [-0.25, -0.2) is 0 Å². The van der Waals surface area contributed by atoms with E-state index in [2.05, 4.69) is 21.1 Å². The minimum Gasteiger partial charge on any atom is -0.398 e. The van der Waals surface area contributed by atoms with E-state index in [0.717, 1.165) is 34.9 Å². The summed E-state index contributed by atoms with van der Waals surface area (Å²) in [4.78, 5) is 24.4. The van der Waals surface area contributed by atoms with Crippen LogP contribution in [0.3, 0.4) is 0 Å². The van der Waals surface area contributed by atoms with E-state index >= 15 is 0 Å². The average molecular weight is 801 g/mol. The molecule has 0 aliphatic heterocycles. The van der Waals surface area contributed by atoms with Gasteiger partial charge in [-0.05, 0) is 96.3 Å². The molecule has 0 unspecified atom stereocenters. The predicted octanol–water partition coefficient (Wildman–Crippen LogP) is 1.62. The second-order valence-corrected chi connectivity index (χ2v) is 16.0. The molecule has 0 bridgehead atoms. The molecule has 6 rings (SSSR count). The van der Waals surface area contributed by atoms with Crippen LogP contribution in [0.25, 0.3) is 23.3 Å². The van der Waals surface area contributed by atoms with E-state index in [1.165, 1.54) is 30.4 Å². The molecule has 0 saturated carbocycles. The molecule has 4 aromatic rings. The van der Waals surface area contributed by atoms with E-state index in [0.29, 0.717) is 16.9 Å². The second-order valence-electron chi connectivity index (χ2n) is 11.8. The molecule has 0 saturated heterocycles. The van der Waals surface area contributed by atoms with E-state index < -0.39 is 67.9 Å². The summed E-state index contributed by atoms with van der Waals surface area (Å²) in [7, 11) is -14.5. The first-order chi connectivity index (χ1) is 24.8. The molecule has 7 N–H and O–H groups in total. The van der Waals surface area contributed by atoms with E-state index in [1.807, 2.05) is 6.07 Å². The third-order valence-electron chi connectivity index (χ3n) is 8.33. The Hall–Kier alpha value is -4.83. The molecule has 0 fully saturated rings. The number of Topliss-reactive ketones (excluding diaryl/α,β-unsaturated/α-hetero) is 2. The van der Waals surface area contributed by atoms with Gasteiger partial charge in [0.25, 0.3) is 30.4 Å². The zero-order valence-corrected chi connectivity index (χ0v) is 32.8. The van der Waals surface area contributed by atoms with Crippen molar-refractivity contribution in [3.05, 3.63) is 111 Å². The predicted molar refractivity (Wildman–Crippen MR) is 198 cm³/mol. The number of benzene rings is 4. The van der Waals surface area contributed by atoms with Crippen molar-refractivity contribution >= 4 is 82.6 Å². The Morgan fingerprint density at radius 2 is 1.22 bits per heavy atom. The number of fused-ring (bicyclic) bond motifs is 2.